The first kappa shape index (κ1) is 13.8. The van der Waals surface area contributed by atoms with E-state index >= 15 is 0 Å². The van der Waals surface area contributed by atoms with Crippen LogP contribution in [0.3, 0.4) is 0 Å². The van der Waals surface area contributed by atoms with E-state index in [9.17, 15) is 4.79 Å². The van der Waals surface area contributed by atoms with Gasteiger partial charge in [-0.15, -0.1) is 11.8 Å². The van der Waals surface area contributed by atoms with Crippen molar-refractivity contribution < 1.29 is 9.53 Å². The lowest BCUT2D eigenvalue weighted by Crippen LogP contribution is -2.40. The zero-order valence-corrected chi connectivity index (χ0v) is 13.2. The number of carbonyl (C=O) groups is 1. The summed E-state index contributed by atoms with van der Waals surface area (Å²) in [7, 11) is 0. The Morgan fingerprint density at radius 3 is 2.53 bits per heavy atom. The SMILES string of the molecule is CC1(C)C2CCC1(C)C(OC(=O)C1CCCCS1)C2. The van der Waals surface area contributed by atoms with Gasteiger partial charge < -0.3 is 4.74 Å². The maximum absolute atomic E-state index is 12.3. The molecular formula is C16H26O2S. The zero-order valence-electron chi connectivity index (χ0n) is 12.4. The standard InChI is InChI=1S/C16H26O2S/c1-15(2)11-7-8-16(15,3)13(10-11)18-14(17)12-6-4-5-9-19-12/h11-13H,4-10H2,1-3H3. The van der Waals surface area contributed by atoms with Crippen molar-refractivity contribution in [3.8, 4) is 0 Å². The highest BCUT2D eigenvalue weighted by molar-refractivity contribution is 8.00. The van der Waals surface area contributed by atoms with Gasteiger partial charge in [-0.3, -0.25) is 4.79 Å². The summed E-state index contributed by atoms with van der Waals surface area (Å²) in [6.07, 6.45) is 7.24. The number of hydrogen-bond donors (Lipinski definition) is 0. The lowest BCUT2D eigenvalue weighted by atomic mass is 9.70. The third-order valence-electron chi connectivity index (χ3n) is 6.41. The van der Waals surface area contributed by atoms with E-state index in [1.807, 2.05) is 0 Å². The Kier molecular flexibility index (Phi) is 3.40. The van der Waals surface area contributed by atoms with Gasteiger partial charge in [0.25, 0.3) is 0 Å². The van der Waals surface area contributed by atoms with E-state index in [1.165, 1.54) is 25.7 Å². The first-order valence-corrected chi connectivity index (χ1v) is 8.82. The van der Waals surface area contributed by atoms with Gasteiger partial charge >= 0.3 is 5.97 Å². The molecule has 3 heteroatoms. The van der Waals surface area contributed by atoms with E-state index < -0.39 is 0 Å². The molecule has 2 nitrogen and oxygen atoms in total. The molecule has 3 fully saturated rings. The number of hydrogen-bond acceptors (Lipinski definition) is 3. The molecule has 1 saturated heterocycles. The number of rotatable bonds is 2. The highest BCUT2D eigenvalue weighted by Gasteiger charge is 2.63. The van der Waals surface area contributed by atoms with Crippen molar-refractivity contribution in [2.75, 3.05) is 5.75 Å². The van der Waals surface area contributed by atoms with Crippen LogP contribution in [0.25, 0.3) is 0 Å². The minimum atomic E-state index is 0.0688. The topological polar surface area (TPSA) is 26.3 Å². The van der Waals surface area contributed by atoms with Crippen molar-refractivity contribution in [2.45, 2.75) is 70.7 Å². The van der Waals surface area contributed by atoms with Gasteiger partial charge in [-0.05, 0) is 49.2 Å². The Labute approximate surface area is 121 Å². The number of fused-ring (bicyclic) bond motifs is 2. The van der Waals surface area contributed by atoms with Gasteiger partial charge in [-0.25, -0.2) is 0 Å². The first-order valence-electron chi connectivity index (χ1n) is 7.77. The van der Waals surface area contributed by atoms with Crippen LogP contribution in [0.2, 0.25) is 0 Å². The maximum Gasteiger partial charge on any atom is 0.319 e. The molecule has 0 aromatic rings. The molecule has 1 heterocycles. The van der Waals surface area contributed by atoms with Crippen molar-refractivity contribution in [2.24, 2.45) is 16.7 Å². The lowest BCUT2D eigenvalue weighted by Gasteiger charge is -2.39. The summed E-state index contributed by atoms with van der Waals surface area (Å²) >= 11 is 1.80. The molecule has 0 amide bonds. The molecule has 2 bridgehead atoms. The predicted octanol–water partition coefficient (Wildman–Crippen LogP) is 4.03. The second-order valence-electron chi connectivity index (χ2n) is 7.39. The molecular weight excluding hydrogens is 256 g/mol. The van der Waals surface area contributed by atoms with E-state index in [1.54, 1.807) is 11.8 Å². The van der Waals surface area contributed by atoms with Crippen LogP contribution < -0.4 is 0 Å². The van der Waals surface area contributed by atoms with E-state index in [2.05, 4.69) is 20.8 Å². The zero-order chi connectivity index (χ0) is 13.7. The molecule has 108 valence electrons. The summed E-state index contributed by atoms with van der Waals surface area (Å²) in [5.41, 5.74) is 0.532. The van der Waals surface area contributed by atoms with Gasteiger partial charge in [0.15, 0.2) is 0 Å². The molecule has 0 radical (unpaired) electrons. The molecule has 4 atom stereocenters. The Morgan fingerprint density at radius 1 is 1.21 bits per heavy atom. The van der Waals surface area contributed by atoms with E-state index in [-0.39, 0.29) is 22.7 Å². The first-order chi connectivity index (χ1) is 8.95. The summed E-state index contributed by atoms with van der Waals surface area (Å²) in [4.78, 5) is 12.3. The van der Waals surface area contributed by atoms with Crippen LogP contribution in [0, 0.1) is 16.7 Å². The minimum absolute atomic E-state index is 0.0688. The van der Waals surface area contributed by atoms with Gasteiger partial charge in [-0.1, -0.05) is 27.2 Å². The third kappa shape index (κ3) is 2.03. The number of carbonyl (C=O) groups excluding carboxylic acids is 1. The van der Waals surface area contributed by atoms with Gasteiger partial charge in [0.05, 0.1) is 0 Å². The van der Waals surface area contributed by atoms with Crippen molar-refractivity contribution in [1.82, 2.24) is 0 Å². The van der Waals surface area contributed by atoms with Gasteiger partial charge in [0, 0.05) is 5.41 Å². The Hall–Kier alpha value is -0.180. The van der Waals surface area contributed by atoms with E-state index in [4.69, 9.17) is 4.74 Å². The molecule has 0 aromatic heterocycles. The fraction of sp³-hybridized carbons (Fsp3) is 0.938. The van der Waals surface area contributed by atoms with Crippen molar-refractivity contribution >= 4 is 17.7 Å². The van der Waals surface area contributed by atoms with Crippen molar-refractivity contribution in [1.29, 1.82) is 0 Å². The number of esters is 1. The fourth-order valence-corrected chi connectivity index (χ4v) is 5.63. The van der Waals surface area contributed by atoms with Crippen LogP contribution in [-0.4, -0.2) is 23.1 Å². The summed E-state index contributed by atoms with van der Waals surface area (Å²) < 4.78 is 5.96. The Balaban J connectivity index is 1.66. The molecule has 1 aliphatic heterocycles. The quantitative estimate of drug-likeness (QED) is 0.715. The molecule has 3 aliphatic rings. The van der Waals surface area contributed by atoms with E-state index in [0.29, 0.717) is 5.41 Å². The van der Waals surface area contributed by atoms with E-state index in [0.717, 1.165) is 24.5 Å². The van der Waals surface area contributed by atoms with Gasteiger partial charge in [-0.2, -0.15) is 0 Å². The minimum Gasteiger partial charge on any atom is -0.461 e. The van der Waals surface area contributed by atoms with Gasteiger partial charge in [0.2, 0.25) is 0 Å². The summed E-state index contributed by atoms with van der Waals surface area (Å²) in [6, 6.07) is 0. The molecule has 19 heavy (non-hydrogen) atoms. The van der Waals surface area contributed by atoms with Gasteiger partial charge in [0.1, 0.15) is 11.4 Å². The van der Waals surface area contributed by atoms with Crippen LogP contribution in [0.1, 0.15) is 59.3 Å². The van der Waals surface area contributed by atoms with Crippen LogP contribution in [0.15, 0.2) is 0 Å². The molecule has 3 rings (SSSR count). The number of thioether (sulfide) groups is 1. The Bertz CT molecular complexity index is 373. The lowest BCUT2D eigenvalue weighted by molar-refractivity contribution is -0.156. The van der Waals surface area contributed by atoms with Crippen molar-refractivity contribution in [3.05, 3.63) is 0 Å². The smallest absolute Gasteiger partial charge is 0.319 e. The van der Waals surface area contributed by atoms with Crippen LogP contribution in [0.5, 0.6) is 0 Å². The highest BCUT2D eigenvalue weighted by atomic mass is 32.2. The molecule has 0 N–H and O–H groups in total. The second-order valence-corrected chi connectivity index (χ2v) is 8.70. The summed E-state index contributed by atoms with van der Waals surface area (Å²) in [6.45, 7) is 7.08. The predicted molar refractivity (Wildman–Crippen MR) is 79.2 cm³/mol. The molecule has 0 aromatic carbocycles. The van der Waals surface area contributed by atoms with Crippen LogP contribution in [-0.2, 0) is 9.53 Å². The normalized spacial score (nSPS) is 44.3. The maximum atomic E-state index is 12.3. The van der Waals surface area contributed by atoms with Crippen molar-refractivity contribution in [3.63, 3.8) is 0 Å². The Morgan fingerprint density at radius 2 is 2.00 bits per heavy atom. The molecule has 0 spiro atoms. The summed E-state index contributed by atoms with van der Waals surface area (Å²) in [5.74, 6) is 1.93. The molecule has 4 unspecified atom stereocenters. The molecule has 2 aliphatic carbocycles. The average Bonchev–Trinajstić information content (AvgIpc) is 2.73. The van der Waals surface area contributed by atoms with Crippen LogP contribution >= 0.6 is 11.8 Å². The highest BCUT2D eigenvalue weighted by Crippen LogP contribution is 2.66. The largest absolute Gasteiger partial charge is 0.461 e. The number of ether oxygens (including phenoxy) is 1. The second kappa shape index (κ2) is 4.68. The average molecular weight is 282 g/mol. The van der Waals surface area contributed by atoms with Crippen LogP contribution in [0.4, 0.5) is 0 Å². The third-order valence-corrected chi connectivity index (χ3v) is 7.77. The molecule has 2 saturated carbocycles. The monoisotopic (exact) mass is 282 g/mol. The fourth-order valence-electron chi connectivity index (χ4n) is 4.45. The summed E-state index contributed by atoms with van der Waals surface area (Å²) in [5, 5.41) is 0.111.